The Morgan fingerprint density at radius 1 is 1.24 bits per heavy atom. The highest BCUT2D eigenvalue weighted by atomic mass is 32.2. The summed E-state index contributed by atoms with van der Waals surface area (Å²) in [7, 11) is -1.61. The van der Waals surface area contributed by atoms with E-state index < -0.39 is 11.0 Å². The number of anilines is 2. The van der Waals surface area contributed by atoms with Crippen LogP contribution < -0.4 is 20.5 Å². The van der Waals surface area contributed by atoms with Gasteiger partial charge in [0.1, 0.15) is 22.4 Å². The van der Waals surface area contributed by atoms with E-state index in [1.807, 2.05) is 39.1 Å². The van der Waals surface area contributed by atoms with Crippen LogP contribution in [0.1, 0.15) is 57.9 Å². The molecule has 1 unspecified atom stereocenters. The molecule has 4 rings (SSSR count). The number of aromatic nitrogens is 2. The molecule has 38 heavy (non-hydrogen) atoms. The first-order chi connectivity index (χ1) is 18.3. The number of hydrogen-bond donors (Lipinski definition) is 3. The van der Waals surface area contributed by atoms with Gasteiger partial charge in [0.15, 0.2) is 5.13 Å². The van der Waals surface area contributed by atoms with Gasteiger partial charge < -0.3 is 20.3 Å². The lowest BCUT2D eigenvalue weighted by Crippen LogP contribution is -2.44. The van der Waals surface area contributed by atoms with Crippen LogP contribution >= 0.6 is 11.3 Å². The molecule has 0 aliphatic carbocycles. The molecule has 1 saturated heterocycles. The largest absolute Gasteiger partial charge is 0.489 e. The molecule has 1 atom stereocenters. The number of amides is 1. The number of nitrogens with one attached hydrogen (secondary N) is 2. The molecular weight excluding hydrogens is 520 g/mol. The van der Waals surface area contributed by atoms with Gasteiger partial charge in [0.25, 0.3) is 5.91 Å². The van der Waals surface area contributed by atoms with Gasteiger partial charge in [-0.15, -0.1) is 11.3 Å². The van der Waals surface area contributed by atoms with E-state index in [1.165, 1.54) is 11.3 Å². The summed E-state index contributed by atoms with van der Waals surface area (Å²) in [6.45, 7) is 13.1. The number of nitrogens with zero attached hydrogens (tertiary/aromatic N) is 3. The molecule has 1 aliphatic heterocycles. The number of rotatable bonds is 9. The Balaban J connectivity index is 0.00000195. The fourth-order valence-electron chi connectivity index (χ4n) is 4.00. The van der Waals surface area contributed by atoms with E-state index in [-0.39, 0.29) is 18.1 Å². The van der Waals surface area contributed by atoms with Crippen LogP contribution in [0.15, 0.2) is 46.8 Å². The minimum atomic E-state index is -1.61. The molecule has 206 valence electrons. The van der Waals surface area contributed by atoms with Gasteiger partial charge in [-0.1, -0.05) is 20.8 Å². The van der Waals surface area contributed by atoms with Crippen molar-refractivity contribution >= 4 is 39.0 Å². The van der Waals surface area contributed by atoms with Crippen LogP contribution in [0.3, 0.4) is 0 Å². The Morgan fingerprint density at radius 2 is 1.97 bits per heavy atom. The maximum absolute atomic E-state index is 12.6. The van der Waals surface area contributed by atoms with Crippen LogP contribution in [0.5, 0.6) is 5.75 Å². The summed E-state index contributed by atoms with van der Waals surface area (Å²) in [6.07, 6.45) is 3.55. The number of carbonyl (C=O) groups is 1. The lowest BCUT2D eigenvalue weighted by Gasteiger charge is -2.31. The van der Waals surface area contributed by atoms with Crippen molar-refractivity contribution in [2.75, 3.05) is 25.0 Å². The highest BCUT2D eigenvalue weighted by Crippen LogP contribution is 2.33. The first-order valence-electron chi connectivity index (χ1n) is 13.0. The van der Waals surface area contributed by atoms with Gasteiger partial charge in [0.05, 0.1) is 22.4 Å². The third-order valence-corrected chi connectivity index (χ3v) is 7.43. The van der Waals surface area contributed by atoms with Crippen molar-refractivity contribution < 1.29 is 13.7 Å². The Labute approximate surface area is 231 Å². The molecule has 9 nitrogen and oxygen atoms in total. The highest BCUT2D eigenvalue weighted by molar-refractivity contribution is 7.82. The van der Waals surface area contributed by atoms with Gasteiger partial charge in [-0.2, -0.15) is 0 Å². The normalized spacial score (nSPS) is 14.9. The zero-order chi connectivity index (χ0) is 27.7. The van der Waals surface area contributed by atoms with Crippen LogP contribution in [0.4, 0.5) is 10.8 Å². The van der Waals surface area contributed by atoms with Crippen LogP contribution in [-0.4, -0.2) is 56.8 Å². The Bertz CT molecular complexity index is 1210. The maximum atomic E-state index is 12.6. The predicted molar refractivity (Wildman–Crippen MR) is 155 cm³/mol. The standard InChI is InChI=1S/C25H32N6O3S2.C2H6/c1-4-31-11-9-18(10-12-31)28-24(32)20-7-5-17(14-27-20)22-15-35-25(30-22)29-21-13-19(36(26)33)6-8-23(21)34-16(2)3;1-2/h5-8,13-16,18H,4,9-12,26H2,1-3H3,(H,28,32)(H,29,30);1-2H3. The summed E-state index contributed by atoms with van der Waals surface area (Å²) in [5.74, 6) is 0.473. The predicted octanol–water partition coefficient (Wildman–Crippen LogP) is 4.96. The molecule has 4 N–H and O–H groups in total. The summed E-state index contributed by atoms with van der Waals surface area (Å²) < 4.78 is 17.6. The van der Waals surface area contributed by atoms with Crippen molar-refractivity contribution in [3.05, 3.63) is 47.6 Å². The smallest absolute Gasteiger partial charge is 0.270 e. The van der Waals surface area contributed by atoms with E-state index in [0.29, 0.717) is 27.2 Å². The van der Waals surface area contributed by atoms with Crippen molar-refractivity contribution in [2.24, 2.45) is 5.14 Å². The van der Waals surface area contributed by atoms with Crippen molar-refractivity contribution in [3.63, 3.8) is 0 Å². The van der Waals surface area contributed by atoms with Crippen LogP contribution in [0.25, 0.3) is 11.3 Å². The number of piperidine rings is 1. The fraction of sp³-hybridized carbons (Fsp3) is 0.444. The van der Waals surface area contributed by atoms with Gasteiger partial charge >= 0.3 is 0 Å². The molecule has 0 bridgehead atoms. The number of nitrogens with two attached hydrogens (primary N) is 1. The molecule has 1 aromatic carbocycles. The van der Waals surface area contributed by atoms with Crippen molar-refractivity contribution in [2.45, 2.75) is 64.5 Å². The molecule has 0 spiro atoms. The van der Waals surface area contributed by atoms with Crippen molar-refractivity contribution in [1.29, 1.82) is 0 Å². The minimum Gasteiger partial charge on any atom is -0.489 e. The molecular formula is C27H38N6O3S2. The van der Waals surface area contributed by atoms with Crippen LogP contribution in [0.2, 0.25) is 0 Å². The Hall–Kier alpha value is -2.86. The molecule has 1 fully saturated rings. The quantitative estimate of drug-likeness (QED) is 0.339. The van der Waals surface area contributed by atoms with E-state index in [9.17, 15) is 9.00 Å². The highest BCUT2D eigenvalue weighted by Gasteiger charge is 2.21. The monoisotopic (exact) mass is 558 g/mol. The second kappa shape index (κ2) is 14.3. The van der Waals surface area contributed by atoms with Crippen molar-refractivity contribution in [1.82, 2.24) is 20.2 Å². The van der Waals surface area contributed by atoms with E-state index >= 15 is 0 Å². The minimum absolute atomic E-state index is 0.0300. The average Bonchev–Trinajstić information content (AvgIpc) is 3.39. The number of carbonyl (C=O) groups excluding carboxylic acids is 1. The van der Waals surface area contributed by atoms with Crippen molar-refractivity contribution in [3.8, 4) is 17.0 Å². The first-order valence-corrected chi connectivity index (χ1v) is 15.1. The summed E-state index contributed by atoms with van der Waals surface area (Å²) in [5.41, 5.74) is 2.57. The number of pyridine rings is 1. The summed E-state index contributed by atoms with van der Waals surface area (Å²) in [5, 5.41) is 14.5. The summed E-state index contributed by atoms with van der Waals surface area (Å²) in [4.78, 5) is 24.6. The SMILES string of the molecule is CC.CCN1CCC(NC(=O)c2ccc(-c3csc(Nc4cc(S(N)=O)ccc4OC(C)C)n3)cn2)CC1. The molecule has 1 amide bonds. The second-order valence-electron chi connectivity index (χ2n) is 8.90. The van der Waals surface area contributed by atoms with E-state index in [2.05, 4.69) is 32.4 Å². The van der Waals surface area contributed by atoms with Crippen LogP contribution in [0, 0.1) is 0 Å². The van der Waals surface area contributed by atoms with E-state index in [4.69, 9.17) is 9.88 Å². The zero-order valence-corrected chi connectivity index (χ0v) is 24.3. The zero-order valence-electron chi connectivity index (χ0n) is 22.7. The first kappa shape index (κ1) is 29.7. The molecule has 0 saturated carbocycles. The maximum Gasteiger partial charge on any atom is 0.270 e. The fourth-order valence-corrected chi connectivity index (χ4v) is 5.17. The van der Waals surface area contributed by atoms with Gasteiger partial charge in [-0.3, -0.25) is 9.78 Å². The molecule has 3 aromatic rings. The second-order valence-corrected chi connectivity index (χ2v) is 10.8. The van der Waals surface area contributed by atoms with Crippen LogP contribution in [-0.2, 0) is 11.0 Å². The molecule has 11 heteroatoms. The number of hydrogen-bond acceptors (Lipinski definition) is 8. The topological polar surface area (TPSA) is 122 Å². The van der Waals surface area contributed by atoms with Gasteiger partial charge in [-0.25, -0.2) is 14.3 Å². The number of likely N-dealkylation sites (tertiary alicyclic amines) is 1. The summed E-state index contributed by atoms with van der Waals surface area (Å²) >= 11 is 1.42. The van der Waals surface area contributed by atoms with Gasteiger partial charge in [0.2, 0.25) is 0 Å². The molecule has 2 aromatic heterocycles. The molecule has 3 heterocycles. The average molecular weight is 559 g/mol. The Morgan fingerprint density at radius 3 is 2.58 bits per heavy atom. The number of ether oxygens (including phenoxy) is 1. The number of benzene rings is 1. The van der Waals surface area contributed by atoms with E-state index in [0.717, 1.165) is 43.7 Å². The number of thiazole rings is 1. The van der Waals surface area contributed by atoms with E-state index in [1.54, 1.807) is 30.5 Å². The lowest BCUT2D eigenvalue weighted by atomic mass is 10.0. The van der Waals surface area contributed by atoms with Gasteiger partial charge in [0, 0.05) is 36.3 Å². The third kappa shape index (κ3) is 8.07. The van der Waals surface area contributed by atoms with Gasteiger partial charge in [-0.05, 0) is 63.6 Å². The molecule has 1 aliphatic rings. The third-order valence-electron chi connectivity index (χ3n) is 5.95. The Kier molecular flexibility index (Phi) is 11.2. The summed E-state index contributed by atoms with van der Waals surface area (Å²) in [6, 6.07) is 8.91. The lowest BCUT2D eigenvalue weighted by molar-refractivity contribution is 0.0907. The molecule has 0 radical (unpaired) electrons.